The molecule has 1 amide bonds. The lowest BCUT2D eigenvalue weighted by Crippen LogP contribution is -2.34. The highest BCUT2D eigenvalue weighted by Gasteiger charge is 2.19. The average Bonchev–Trinajstić information content (AvgIpc) is 2.87. The third-order valence-electron chi connectivity index (χ3n) is 6.37. The second-order valence-corrected chi connectivity index (χ2v) is 10.4. The molecule has 0 aromatic heterocycles. The second kappa shape index (κ2) is 12.4. The van der Waals surface area contributed by atoms with Gasteiger partial charge in [-0.3, -0.25) is 5.41 Å². The topological polar surface area (TPSA) is 98.4 Å². The molecule has 1 fully saturated rings. The Hall–Kier alpha value is -3.54. The van der Waals surface area contributed by atoms with E-state index in [-0.39, 0.29) is 11.9 Å². The lowest BCUT2D eigenvalue weighted by atomic mass is 9.83. The minimum atomic E-state index is -0.484. The van der Waals surface area contributed by atoms with Gasteiger partial charge < -0.3 is 10.1 Å². The van der Waals surface area contributed by atoms with Gasteiger partial charge in [-0.05, 0) is 74.4 Å². The normalized spacial score (nSPS) is 14.8. The Kier molecular flexibility index (Phi) is 9.34. The van der Waals surface area contributed by atoms with Crippen molar-refractivity contribution < 1.29 is 9.53 Å². The van der Waals surface area contributed by atoms with Gasteiger partial charge in [0, 0.05) is 5.56 Å². The van der Waals surface area contributed by atoms with E-state index in [0.29, 0.717) is 5.92 Å². The lowest BCUT2D eigenvalue weighted by Gasteiger charge is -2.22. The molecule has 3 aromatic carbocycles. The van der Waals surface area contributed by atoms with Crippen LogP contribution in [0.5, 0.6) is 0 Å². The molecule has 190 valence electrons. The van der Waals surface area contributed by atoms with E-state index < -0.39 is 11.7 Å². The van der Waals surface area contributed by atoms with Gasteiger partial charge in [0.25, 0.3) is 0 Å². The number of amides is 1. The maximum absolute atomic E-state index is 11.8. The number of nitrogens with zero attached hydrogens (tertiary/aromatic N) is 1. The first-order chi connectivity index (χ1) is 17.2. The molecule has 4 rings (SSSR count). The van der Waals surface area contributed by atoms with Crippen molar-refractivity contribution in [2.24, 2.45) is 5.11 Å². The van der Waals surface area contributed by atoms with Gasteiger partial charge >= 0.3 is 6.09 Å². The molecule has 36 heavy (non-hydrogen) atoms. The molecule has 0 spiro atoms. The first-order valence-corrected chi connectivity index (χ1v) is 12.7. The summed E-state index contributed by atoms with van der Waals surface area (Å²) in [6, 6.07) is 22.1. The van der Waals surface area contributed by atoms with Crippen LogP contribution in [0.1, 0.15) is 88.4 Å². The monoisotopic (exact) mass is 486 g/mol. The summed E-state index contributed by atoms with van der Waals surface area (Å²) in [7, 11) is 0. The van der Waals surface area contributed by atoms with Crippen LogP contribution in [0.15, 0.2) is 71.8 Å². The van der Waals surface area contributed by atoms with Crippen LogP contribution in [0.2, 0.25) is 0 Å². The van der Waals surface area contributed by atoms with Crippen LogP contribution < -0.4 is 5.32 Å². The fourth-order valence-electron chi connectivity index (χ4n) is 4.63. The Morgan fingerprint density at radius 2 is 1.67 bits per heavy atom. The van der Waals surface area contributed by atoms with Crippen LogP contribution >= 0.6 is 0 Å². The Morgan fingerprint density at radius 3 is 2.36 bits per heavy atom. The van der Waals surface area contributed by atoms with E-state index in [1.165, 1.54) is 43.1 Å². The van der Waals surface area contributed by atoms with Crippen molar-refractivity contribution >= 4 is 22.7 Å². The number of fused-ring (bicyclic) bond motifs is 1. The fourth-order valence-corrected chi connectivity index (χ4v) is 4.63. The average molecular weight is 487 g/mol. The van der Waals surface area contributed by atoms with E-state index in [0.717, 1.165) is 16.5 Å². The second-order valence-electron chi connectivity index (χ2n) is 10.4. The molecule has 1 atom stereocenters. The highest BCUT2D eigenvalue weighted by molar-refractivity contribution is 5.96. The molecule has 1 unspecified atom stereocenters. The highest BCUT2D eigenvalue weighted by atomic mass is 16.6. The van der Waals surface area contributed by atoms with Crippen molar-refractivity contribution in [2.45, 2.75) is 77.4 Å². The van der Waals surface area contributed by atoms with Gasteiger partial charge in [-0.25, -0.2) is 10.3 Å². The van der Waals surface area contributed by atoms with E-state index in [1.54, 1.807) is 0 Å². The van der Waals surface area contributed by atoms with E-state index in [9.17, 15) is 4.79 Å². The number of hydrogen-bond donors (Lipinski definition) is 3. The summed E-state index contributed by atoms with van der Waals surface area (Å²) in [5, 5.41) is 15.9. The van der Waals surface area contributed by atoms with Crippen molar-refractivity contribution in [3.05, 3.63) is 83.4 Å². The van der Waals surface area contributed by atoms with E-state index in [4.69, 9.17) is 15.7 Å². The zero-order valence-corrected chi connectivity index (χ0v) is 21.8. The van der Waals surface area contributed by atoms with Gasteiger partial charge in [0.05, 0.1) is 6.04 Å². The molecule has 0 aliphatic heterocycles. The van der Waals surface area contributed by atoms with Crippen molar-refractivity contribution in [1.29, 1.82) is 10.9 Å². The fraction of sp³-hybridized carbons (Fsp3) is 0.400. The first-order valence-electron chi connectivity index (χ1n) is 12.7. The number of nitrogens with one attached hydrogen (secondary N) is 3. The molecular weight excluding hydrogens is 448 g/mol. The Balaban J connectivity index is 0.000000205. The molecular formula is C30H38N4O2. The number of benzene rings is 3. The van der Waals surface area contributed by atoms with Crippen LogP contribution in [-0.2, 0) is 4.74 Å². The first kappa shape index (κ1) is 27.1. The minimum Gasteiger partial charge on any atom is -0.444 e. The zero-order valence-electron chi connectivity index (χ0n) is 21.8. The minimum absolute atomic E-state index is 0.0534. The molecule has 1 aliphatic rings. The van der Waals surface area contributed by atoms with Gasteiger partial charge in [0.2, 0.25) is 0 Å². The third kappa shape index (κ3) is 7.74. The highest BCUT2D eigenvalue weighted by Crippen LogP contribution is 2.33. The van der Waals surface area contributed by atoms with Crippen molar-refractivity contribution in [2.75, 3.05) is 0 Å². The van der Waals surface area contributed by atoms with Gasteiger partial charge in [0.1, 0.15) is 5.60 Å². The number of carbonyl (C=O) groups is 1. The van der Waals surface area contributed by atoms with Gasteiger partial charge in [-0.1, -0.05) is 79.9 Å². The summed E-state index contributed by atoms with van der Waals surface area (Å²) in [5.41, 5.74) is 9.54. The number of amidine groups is 1. The van der Waals surface area contributed by atoms with Crippen molar-refractivity contribution in [1.82, 2.24) is 5.32 Å². The molecule has 0 heterocycles. The maximum Gasteiger partial charge on any atom is 0.408 e. The molecule has 6 heteroatoms. The van der Waals surface area contributed by atoms with Gasteiger partial charge in [0.15, 0.2) is 5.84 Å². The molecule has 0 radical (unpaired) electrons. The van der Waals surface area contributed by atoms with Crippen molar-refractivity contribution in [3.8, 4) is 0 Å². The molecule has 3 N–H and O–H groups in total. The summed E-state index contributed by atoms with van der Waals surface area (Å²) in [6.07, 6.45) is 6.11. The Bertz CT molecular complexity index is 1190. The largest absolute Gasteiger partial charge is 0.444 e. The third-order valence-corrected chi connectivity index (χ3v) is 6.37. The standard InChI is InChI=1S/C17H21NO2.C13H17N3/c1-12(18-16(19)20-17(2,3)4)14-11-7-9-13-8-5-6-10-15(13)14;14-13(16-15)12-8-4-7-11(9-12)10-5-2-1-3-6-10/h5-12H,1-4H3,(H,18,19);4,7-10,14-15H,1-3,5-6H2. The smallest absolute Gasteiger partial charge is 0.408 e. The number of carbonyl (C=O) groups excluding carboxylic acids is 1. The summed E-state index contributed by atoms with van der Waals surface area (Å²) in [6.45, 7) is 7.53. The van der Waals surface area contributed by atoms with Gasteiger partial charge in [-0.15, -0.1) is 5.11 Å². The molecule has 6 nitrogen and oxygen atoms in total. The SMILES string of the molecule is CC(NC(=O)OC(C)(C)C)c1cccc2ccccc12.N=NC(=N)c1cccc(C2CCCCC2)c1. The number of ether oxygens (including phenoxy) is 1. The molecule has 0 bridgehead atoms. The number of rotatable bonds is 4. The number of alkyl carbamates (subject to hydrolysis) is 1. The van der Waals surface area contributed by atoms with E-state index in [1.807, 2.05) is 70.2 Å². The predicted octanol–water partition coefficient (Wildman–Crippen LogP) is 8.52. The summed E-state index contributed by atoms with van der Waals surface area (Å²) < 4.78 is 5.29. The lowest BCUT2D eigenvalue weighted by molar-refractivity contribution is 0.0508. The van der Waals surface area contributed by atoms with Crippen LogP contribution in [-0.4, -0.2) is 17.5 Å². The van der Waals surface area contributed by atoms with Gasteiger partial charge in [-0.2, -0.15) is 0 Å². The van der Waals surface area contributed by atoms with Crippen LogP contribution in [0, 0.1) is 10.9 Å². The summed E-state index contributed by atoms with van der Waals surface area (Å²) >= 11 is 0. The molecule has 1 saturated carbocycles. The van der Waals surface area contributed by atoms with E-state index >= 15 is 0 Å². The quantitative estimate of drug-likeness (QED) is 0.196. The van der Waals surface area contributed by atoms with Crippen LogP contribution in [0.4, 0.5) is 4.79 Å². The Labute approximate surface area is 214 Å². The van der Waals surface area contributed by atoms with E-state index in [2.05, 4.69) is 34.7 Å². The summed E-state index contributed by atoms with van der Waals surface area (Å²) in [5.74, 6) is 0.699. The van der Waals surface area contributed by atoms with Crippen molar-refractivity contribution in [3.63, 3.8) is 0 Å². The Morgan fingerprint density at radius 1 is 1.00 bits per heavy atom. The molecule has 0 saturated heterocycles. The molecule has 3 aromatic rings. The predicted molar refractivity (Wildman–Crippen MR) is 146 cm³/mol. The van der Waals surface area contributed by atoms with Crippen LogP contribution in [0.25, 0.3) is 10.8 Å². The zero-order chi connectivity index (χ0) is 26.1. The number of hydrogen-bond acceptors (Lipinski definition) is 4. The maximum atomic E-state index is 11.8. The van der Waals surface area contributed by atoms with Crippen LogP contribution in [0.3, 0.4) is 0 Å². The summed E-state index contributed by atoms with van der Waals surface area (Å²) in [4.78, 5) is 11.8. The molecule has 1 aliphatic carbocycles.